The number of hydrogen-bond donors (Lipinski definition) is 1. The summed E-state index contributed by atoms with van der Waals surface area (Å²) in [6.07, 6.45) is 2.05. The Hall–Kier alpha value is -0.940. The number of methoxy groups -OCH3 is 1. The second-order valence-corrected chi connectivity index (χ2v) is 4.79. The molecule has 2 rings (SSSR count). The summed E-state index contributed by atoms with van der Waals surface area (Å²) in [5, 5.41) is 7.30. The molecule has 0 amide bonds. The lowest BCUT2D eigenvalue weighted by atomic mass is 10.1. The van der Waals surface area contributed by atoms with Gasteiger partial charge in [0.1, 0.15) is 5.60 Å². The molecule has 1 unspecified atom stereocenters. The minimum absolute atomic E-state index is 0.477. The Balaban J connectivity index is 2.01. The summed E-state index contributed by atoms with van der Waals surface area (Å²) in [5.74, 6) is 1.96. The predicted octanol–water partition coefficient (Wildman–Crippen LogP) is 1.10. The SMILES string of the molecule is COC(C)(C)c1noc(CC2CCNC2)n1. The van der Waals surface area contributed by atoms with Crippen molar-refractivity contribution in [2.24, 2.45) is 5.92 Å². The van der Waals surface area contributed by atoms with Crippen molar-refractivity contribution in [2.75, 3.05) is 20.2 Å². The Morgan fingerprint density at radius 1 is 1.56 bits per heavy atom. The van der Waals surface area contributed by atoms with Crippen molar-refractivity contribution in [1.29, 1.82) is 0 Å². The number of nitrogens with one attached hydrogen (secondary N) is 1. The highest BCUT2D eigenvalue weighted by atomic mass is 16.5. The van der Waals surface area contributed by atoms with Gasteiger partial charge in [0.2, 0.25) is 11.7 Å². The summed E-state index contributed by atoms with van der Waals surface area (Å²) in [7, 11) is 1.65. The zero-order chi connectivity index (χ0) is 11.6. The Labute approximate surface area is 95.6 Å². The van der Waals surface area contributed by atoms with Crippen LogP contribution in [0.1, 0.15) is 32.0 Å². The van der Waals surface area contributed by atoms with Gasteiger partial charge in [-0.3, -0.25) is 0 Å². The molecule has 0 aromatic carbocycles. The van der Waals surface area contributed by atoms with Gasteiger partial charge in [0.25, 0.3) is 0 Å². The highest BCUT2D eigenvalue weighted by molar-refractivity contribution is 4.98. The lowest BCUT2D eigenvalue weighted by Crippen LogP contribution is -2.21. The summed E-state index contributed by atoms with van der Waals surface area (Å²) >= 11 is 0. The molecule has 1 atom stereocenters. The van der Waals surface area contributed by atoms with Crippen molar-refractivity contribution >= 4 is 0 Å². The first-order chi connectivity index (χ1) is 7.62. The van der Waals surface area contributed by atoms with Gasteiger partial charge in [-0.25, -0.2) is 0 Å². The van der Waals surface area contributed by atoms with Gasteiger partial charge in [-0.05, 0) is 39.3 Å². The molecule has 1 aliphatic rings. The summed E-state index contributed by atoms with van der Waals surface area (Å²) in [6, 6.07) is 0. The van der Waals surface area contributed by atoms with Crippen molar-refractivity contribution in [3.63, 3.8) is 0 Å². The molecular formula is C11H19N3O2. The van der Waals surface area contributed by atoms with Gasteiger partial charge in [0.05, 0.1) is 0 Å². The van der Waals surface area contributed by atoms with Gasteiger partial charge in [-0.1, -0.05) is 5.16 Å². The van der Waals surface area contributed by atoms with Crippen LogP contribution in [0.4, 0.5) is 0 Å². The minimum Gasteiger partial charge on any atom is -0.371 e. The first-order valence-electron chi connectivity index (χ1n) is 5.71. The maximum Gasteiger partial charge on any atom is 0.227 e. The van der Waals surface area contributed by atoms with Crippen LogP contribution in [0.25, 0.3) is 0 Å². The van der Waals surface area contributed by atoms with E-state index in [0.29, 0.717) is 17.6 Å². The van der Waals surface area contributed by atoms with E-state index < -0.39 is 5.60 Å². The van der Waals surface area contributed by atoms with Crippen molar-refractivity contribution in [2.45, 2.75) is 32.3 Å². The highest BCUT2D eigenvalue weighted by Crippen LogP contribution is 2.21. The molecule has 1 fully saturated rings. The second kappa shape index (κ2) is 4.51. The maximum absolute atomic E-state index is 5.31. The molecule has 1 aliphatic heterocycles. The molecule has 90 valence electrons. The van der Waals surface area contributed by atoms with Crippen LogP contribution >= 0.6 is 0 Å². The fraction of sp³-hybridized carbons (Fsp3) is 0.818. The summed E-state index contributed by atoms with van der Waals surface area (Å²) in [4.78, 5) is 4.39. The molecule has 0 bridgehead atoms. The van der Waals surface area contributed by atoms with Gasteiger partial charge >= 0.3 is 0 Å². The molecule has 1 saturated heterocycles. The Morgan fingerprint density at radius 3 is 3.00 bits per heavy atom. The molecule has 0 spiro atoms. The highest BCUT2D eigenvalue weighted by Gasteiger charge is 2.27. The van der Waals surface area contributed by atoms with E-state index in [0.717, 1.165) is 19.5 Å². The predicted molar refractivity (Wildman–Crippen MR) is 59.0 cm³/mol. The van der Waals surface area contributed by atoms with E-state index in [9.17, 15) is 0 Å². The third kappa shape index (κ3) is 2.41. The number of nitrogens with zero attached hydrogens (tertiary/aromatic N) is 2. The van der Waals surface area contributed by atoms with E-state index >= 15 is 0 Å². The van der Waals surface area contributed by atoms with Crippen molar-refractivity contribution in [3.05, 3.63) is 11.7 Å². The number of ether oxygens (including phenoxy) is 1. The summed E-state index contributed by atoms with van der Waals surface area (Å²) in [6.45, 7) is 6.00. The first-order valence-corrected chi connectivity index (χ1v) is 5.71. The van der Waals surface area contributed by atoms with Crippen LogP contribution in [0, 0.1) is 5.92 Å². The number of hydrogen-bond acceptors (Lipinski definition) is 5. The van der Waals surface area contributed by atoms with Crippen LogP contribution in [0.2, 0.25) is 0 Å². The van der Waals surface area contributed by atoms with Gasteiger partial charge in [0.15, 0.2) is 0 Å². The summed E-state index contributed by atoms with van der Waals surface area (Å²) < 4.78 is 10.6. The van der Waals surface area contributed by atoms with Crippen LogP contribution in [-0.2, 0) is 16.8 Å². The Kier molecular flexibility index (Phi) is 3.25. The Morgan fingerprint density at radius 2 is 2.38 bits per heavy atom. The fourth-order valence-corrected chi connectivity index (χ4v) is 1.81. The molecule has 16 heavy (non-hydrogen) atoms. The molecule has 1 aromatic rings. The molecule has 5 heteroatoms. The third-order valence-corrected chi connectivity index (χ3v) is 3.14. The van der Waals surface area contributed by atoms with E-state index in [4.69, 9.17) is 9.26 Å². The average Bonchev–Trinajstić information content (AvgIpc) is 2.89. The maximum atomic E-state index is 5.31. The standard InChI is InChI=1S/C11H19N3O2/c1-11(2,15-3)10-13-9(16-14-10)6-8-4-5-12-7-8/h8,12H,4-7H2,1-3H3. The number of rotatable bonds is 4. The largest absolute Gasteiger partial charge is 0.371 e. The minimum atomic E-state index is -0.477. The van der Waals surface area contributed by atoms with Crippen LogP contribution < -0.4 is 5.32 Å². The third-order valence-electron chi connectivity index (χ3n) is 3.14. The van der Waals surface area contributed by atoms with Gasteiger partial charge in [0, 0.05) is 13.5 Å². The summed E-state index contributed by atoms with van der Waals surface area (Å²) in [5.41, 5.74) is -0.477. The number of aromatic nitrogens is 2. The topological polar surface area (TPSA) is 60.2 Å². The van der Waals surface area contributed by atoms with Gasteiger partial charge in [-0.15, -0.1) is 0 Å². The lowest BCUT2D eigenvalue weighted by Gasteiger charge is -2.17. The van der Waals surface area contributed by atoms with E-state index in [2.05, 4.69) is 15.5 Å². The zero-order valence-corrected chi connectivity index (χ0v) is 10.1. The van der Waals surface area contributed by atoms with Crippen molar-refractivity contribution in [1.82, 2.24) is 15.5 Å². The molecule has 0 aliphatic carbocycles. The molecule has 0 radical (unpaired) electrons. The molecular weight excluding hydrogens is 206 g/mol. The molecule has 2 heterocycles. The molecule has 0 saturated carbocycles. The normalized spacial score (nSPS) is 21.6. The molecule has 1 N–H and O–H groups in total. The van der Waals surface area contributed by atoms with Crippen LogP contribution in [0.15, 0.2) is 4.52 Å². The quantitative estimate of drug-likeness (QED) is 0.831. The van der Waals surface area contributed by atoms with Gasteiger partial charge in [-0.2, -0.15) is 4.98 Å². The zero-order valence-electron chi connectivity index (χ0n) is 10.1. The molecule has 1 aromatic heterocycles. The first kappa shape index (κ1) is 11.5. The van der Waals surface area contributed by atoms with E-state index in [1.807, 2.05) is 13.8 Å². The van der Waals surface area contributed by atoms with E-state index in [1.165, 1.54) is 6.42 Å². The monoisotopic (exact) mass is 225 g/mol. The van der Waals surface area contributed by atoms with Crippen LogP contribution in [0.5, 0.6) is 0 Å². The van der Waals surface area contributed by atoms with Crippen molar-refractivity contribution in [3.8, 4) is 0 Å². The lowest BCUT2D eigenvalue weighted by molar-refractivity contribution is 0.00973. The van der Waals surface area contributed by atoms with Gasteiger partial charge < -0.3 is 14.6 Å². The van der Waals surface area contributed by atoms with E-state index in [1.54, 1.807) is 7.11 Å². The van der Waals surface area contributed by atoms with E-state index in [-0.39, 0.29) is 0 Å². The van der Waals surface area contributed by atoms with Crippen molar-refractivity contribution < 1.29 is 9.26 Å². The van der Waals surface area contributed by atoms with Crippen LogP contribution in [0.3, 0.4) is 0 Å². The smallest absolute Gasteiger partial charge is 0.227 e. The second-order valence-electron chi connectivity index (χ2n) is 4.79. The fourth-order valence-electron chi connectivity index (χ4n) is 1.81. The van der Waals surface area contributed by atoms with Crippen LogP contribution in [-0.4, -0.2) is 30.3 Å². The molecule has 5 nitrogen and oxygen atoms in total. The Bertz CT molecular complexity index is 343. The average molecular weight is 225 g/mol.